The monoisotopic (exact) mass is 470 g/mol. The number of sulfone groups is 1. The summed E-state index contributed by atoms with van der Waals surface area (Å²) in [5.74, 6) is -2.88. The minimum absolute atomic E-state index is 0.0546. The predicted molar refractivity (Wildman–Crippen MR) is 125 cm³/mol. The number of halogens is 1. The van der Waals surface area contributed by atoms with Gasteiger partial charge in [0.15, 0.2) is 9.84 Å². The molecule has 0 saturated carbocycles. The second-order valence-corrected chi connectivity index (χ2v) is 9.32. The van der Waals surface area contributed by atoms with E-state index >= 15 is 0 Å². The Balaban J connectivity index is 1.73. The van der Waals surface area contributed by atoms with E-state index in [1.165, 1.54) is 18.2 Å². The molecule has 0 spiro atoms. The molecule has 6 N–H and O–H groups in total. The Kier molecular flexibility index (Phi) is 7.22. The van der Waals surface area contributed by atoms with Crippen LogP contribution in [0.3, 0.4) is 0 Å². The van der Waals surface area contributed by atoms with Gasteiger partial charge in [0.2, 0.25) is 0 Å². The number of hydrogen-bond acceptors (Lipinski definition) is 6. The molecule has 0 aliphatic heterocycles. The largest absolute Gasteiger partial charge is 0.329 e. The average Bonchev–Trinajstić information content (AvgIpc) is 2.79. The lowest BCUT2D eigenvalue weighted by molar-refractivity contribution is -0.133. The summed E-state index contributed by atoms with van der Waals surface area (Å²) in [6.45, 7) is 0.262. The van der Waals surface area contributed by atoms with Crippen LogP contribution in [0.4, 0.5) is 15.8 Å². The van der Waals surface area contributed by atoms with Crippen LogP contribution in [-0.4, -0.2) is 33.0 Å². The molecule has 0 bridgehead atoms. The van der Waals surface area contributed by atoms with Crippen LogP contribution in [0.25, 0.3) is 11.1 Å². The van der Waals surface area contributed by atoms with Gasteiger partial charge in [-0.1, -0.05) is 36.4 Å². The normalized spacial score (nSPS) is 12.1. The Bertz CT molecular complexity index is 1290. The summed E-state index contributed by atoms with van der Waals surface area (Å²) in [5.41, 5.74) is 12.9. The number of benzene rings is 3. The third kappa shape index (κ3) is 5.80. The van der Waals surface area contributed by atoms with Crippen LogP contribution in [-0.2, 0) is 19.4 Å². The zero-order chi connectivity index (χ0) is 24.2. The van der Waals surface area contributed by atoms with Crippen LogP contribution < -0.4 is 22.1 Å². The fraction of sp³-hybridized carbons (Fsp3) is 0.130. The van der Waals surface area contributed by atoms with Gasteiger partial charge >= 0.3 is 11.8 Å². The molecule has 0 radical (unpaired) electrons. The highest BCUT2D eigenvalue weighted by Crippen LogP contribution is 2.29. The quantitative estimate of drug-likeness (QED) is 0.407. The lowest BCUT2D eigenvalue weighted by Gasteiger charge is -2.12. The van der Waals surface area contributed by atoms with Crippen LogP contribution >= 0.6 is 0 Å². The van der Waals surface area contributed by atoms with E-state index in [0.29, 0.717) is 16.8 Å². The highest BCUT2D eigenvalue weighted by molar-refractivity contribution is 7.90. The molecule has 10 heteroatoms. The van der Waals surface area contributed by atoms with Crippen molar-refractivity contribution >= 4 is 33.0 Å². The standard InChI is InChI=1S/C23H23FN4O4S/c1-33(31,32)21-5-3-2-4-17(21)15-8-11-20(18(24)12-15)28-23(30)22(29)27-16-9-6-14(7-10-16)19(26)13-25/h2-12,19H,13,25-26H2,1H3,(H,27,29)(H,28,30). The van der Waals surface area contributed by atoms with Gasteiger partial charge in [0.05, 0.1) is 10.6 Å². The van der Waals surface area contributed by atoms with Gasteiger partial charge < -0.3 is 22.1 Å². The van der Waals surface area contributed by atoms with Crippen LogP contribution in [0.2, 0.25) is 0 Å². The number of carbonyl (C=O) groups excluding carboxylic acids is 2. The molecule has 1 unspecified atom stereocenters. The molecule has 8 nitrogen and oxygen atoms in total. The lowest BCUT2D eigenvalue weighted by atomic mass is 10.0. The Morgan fingerprint density at radius 2 is 1.61 bits per heavy atom. The number of amides is 2. The summed E-state index contributed by atoms with van der Waals surface area (Å²) in [4.78, 5) is 24.5. The Hall–Kier alpha value is -3.60. The molecule has 2 amide bonds. The van der Waals surface area contributed by atoms with Gasteiger partial charge in [-0.05, 0) is 41.5 Å². The molecule has 0 heterocycles. The van der Waals surface area contributed by atoms with Gasteiger partial charge in [-0.15, -0.1) is 0 Å². The number of nitrogens with two attached hydrogens (primary N) is 2. The van der Waals surface area contributed by atoms with Crippen LogP contribution in [0, 0.1) is 5.82 Å². The van der Waals surface area contributed by atoms with Crippen molar-refractivity contribution in [2.24, 2.45) is 11.5 Å². The van der Waals surface area contributed by atoms with E-state index in [2.05, 4.69) is 10.6 Å². The third-order valence-corrected chi connectivity index (χ3v) is 6.03. The van der Waals surface area contributed by atoms with Crippen molar-refractivity contribution in [3.05, 3.63) is 78.1 Å². The predicted octanol–water partition coefficient (Wildman–Crippen LogP) is 2.43. The summed E-state index contributed by atoms with van der Waals surface area (Å²) in [6, 6.07) is 16.2. The SMILES string of the molecule is CS(=O)(=O)c1ccccc1-c1ccc(NC(=O)C(=O)Nc2ccc(C(N)CN)cc2)c(F)c1. The first-order chi connectivity index (χ1) is 15.6. The maximum Gasteiger partial charge on any atom is 0.314 e. The first-order valence-corrected chi connectivity index (χ1v) is 11.8. The fourth-order valence-electron chi connectivity index (χ4n) is 3.13. The highest BCUT2D eigenvalue weighted by atomic mass is 32.2. The fourth-order valence-corrected chi connectivity index (χ4v) is 4.04. The second kappa shape index (κ2) is 9.90. The van der Waals surface area contributed by atoms with E-state index in [1.807, 2.05) is 0 Å². The first kappa shape index (κ1) is 24.1. The van der Waals surface area contributed by atoms with Crippen molar-refractivity contribution in [1.82, 2.24) is 0 Å². The molecule has 3 aromatic rings. The summed E-state index contributed by atoms with van der Waals surface area (Å²) in [5, 5.41) is 4.63. The van der Waals surface area contributed by atoms with E-state index in [9.17, 15) is 22.4 Å². The minimum atomic E-state index is -3.53. The number of anilines is 2. The average molecular weight is 471 g/mol. The minimum Gasteiger partial charge on any atom is -0.329 e. The van der Waals surface area contributed by atoms with Gasteiger partial charge in [-0.2, -0.15) is 0 Å². The van der Waals surface area contributed by atoms with E-state index in [0.717, 1.165) is 17.9 Å². The van der Waals surface area contributed by atoms with E-state index in [-0.39, 0.29) is 23.2 Å². The van der Waals surface area contributed by atoms with E-state index in [1.54, 1.807) is 42.5 Å². The Labute approximate surface area is 190 Å². The van der Waals surface area contributed by atoms with Crippen LogP contribution in [0.5, 0.6) is 0 Å². The smallest absolute Gasteiger partial charge is 0.314 e. The molecule has 0 saturated heterocycles. The molecule has 0 aliphatic carbocycles. The lowest BCUT2D eigenvalue weighted by Crippen LogP contribution is -2.29. The number of hydrogen-bond donors (Lipinski definition) is 4. The molecular formula is C23H23FN4O4S. The zero-order valence-electron chi connectivity index (χ0n) is 17.7. The topological polar surface area (TPSA) is 144 Å². The second-order valence-electron chi connectivity index (χ2n) is 7.34. The molecule has 0 fully saturated rings. The maximum atomic E-state index is 14.7. The van der Waals surface area contributed by atoms with Crippen molar-refractivity contribution in [2.75, 3.05) is 23.4 Å². The molecule has 172 valence electrons. The van der Waals surface area contributed by atoms with Crippen molar-refractivity contribution < 1.29 is 22.4 Å². The number of rotatable bonds is 6. The molecular weight excluding hydrogens is 447 g/mol. The van der Waals surface area contributed by atoms with Crippen molar-refractivity contribution in [2.45, 2.75) is 10.9 Å². The molecule has 3 aromatic carbocycles. The third-order valence-electron chi connectivity index (χ3n) is 4.87. The first-order valence-electron chi connectivity index (χ1n) is 9.87. The van der Waals surface area contributed by atoms with E-state index in [4.69, 9.17) is 11.5 Å². The molecule has 0 aliphatic rings. The summed E-state index contributed by atoms with van der Waals surface area (Å²) >= 11 is 0. The van der Waals surface area contributed by atoms with E-state index < -0.39 is 27.5 Å². The summed E-state index contributed by atoms with van der Waals surface area (Å²) in [7, 11) is -3.53. The van der Waals surface area contributed by atoms with Crippen LogP contribution in [0.15, 0.2) is 71.6 Å². The molecule has 1 atom stereocenters. The highest BCUT2D eigenvalue weighted by Gasteiger charge is 2.18. The van der Waals surface area contributed by atoms with Crippen molar-refractivity contribution in [3.8, 4) is 11.1 Å². The zero-order valence-corrected chi connectivity index (χ0v) is 18.5. The number of carbonyl (C=O) groups is 2. The number of nitrogens with one attached hydrogen (secondary N) is 2. The van der Waals surface area contributed by atoms with Crippen molar-refractivity contribution in [1.29, 1.82) is 0 Å². The van der Waals surface area contributed by atoms with Gasteiger partial charge in [0.1, 0.15) is 5.82 Å². The van der Waals surface area contributed by atoms with Gasteiger partial charge in [-0.25, -0.2) is 12.8 Å². The van der Waals surface area contributed by atoms with Gasteiger partial charge in [0.25, 0.3) is 0 Å². The van der Waals surface area contributed by atoms with Crippen molar-refractivity contribution in [3.63, 3.8) is 0 Å². The molecule has 0 aromatic heterocycles. The molecule has 33 heavy (non-hydrogen) atoms. The summed E-state index contributed by atoms with van der Waals surface area (Å²) < 4.78 is 38.7. The summed E-state index contributed by atoms with van der Waals surface area (Å²) in [6.07, 6.45) is 1.06. The molecule has 3 rings (SSSR count). The van der Waals surface area contributed by atoms with Crippen LogP contribution in [0.1, 0.15) is 11.6 Å². The maximum absolute atomic E-state index is 14.7. The van der Waals surface area contributed by atoms with Gasteiger partial charge in [-0.3, -0.25) is 9.59 Å². The van der Waals surface area contributed by atoms with Gasteiger partial charge in [0, 0.05) is 30.1 Å². The Morgan fingerprint density at radius 3 is 2.21 bits per heavy atom. The Morgan fingerprint density at radius 1 is 0.970 bits per heavy atom.